The maximum absolute atomic E-state index is 12.5. The molecule has 0 bridgehead atoms. The van der Waals surface area contributed by atoms with Crippen LogP contribution in [0.5, 0.6) is 0 Å². The molecule has 3 aromatic rings. The smallest absolute Gasteiger partial charge is 0.321 e. The molecule has 2 heterocycles. The van der Waals surface area contributed by atoms with E-state index in [0.29, 0.717) is 0 Å². The number of pyridine rings is 1. The van der Waals surface area contributed by atoms with E-state index in [9.17, 15) is 4.79 Å². The van der Waals surface area contributed by atoms with Crippen molar-refractivity contribution >= 4 is 22.8 Å². The van der Waals surface area contributed by atoms with Crippen LogP contribution in [-0.2, 0) is 6.42 Å². The highest BCUT2D eigenvalue weighted by Gasteiger charge is 2.17. The zero-order chi connectivity index (χ0) is 18.0. The molecule has 1 aromatic carbocycles. The summed E-state index contributed by atoms with van der Waals surface area (Å²) in [6.07, 6.45) is 2.51. The highest BCUT2D eigenvalue weighted by molar-refractivity contribution is 5.92. The van der Waals surface area contributed by atoms with Crippen molar-refractivity contribution in [2.45, 2.75) is 33.2 Å². The molecule has 130 valence electrons. The number of fused-ring (bicyclic) bond motifs is 1. The zero-order valence-corrected chi connectivity index (χ0v) is 15.0. The van der Waals surface area contributed by atoms with Gasteiger partial charge in [0.05, 0.1) is 11.0 Å². The van der Waals surface area contributed by atoms with Gasteiger partial charge in [-0.05, 0) is 50.6 Å². The average molecular weight is 337 g/mol. The van der Waals surface area contributed by atoms with Crippen molar-refractivity contribution < 1.29 is 4.79 Å². The number of nitrogens with one attached hydrogen (secondary N) is 2. The number of benzene rings is 1. The van der Waals surface area contributed by atoms with E-state index in [-0.39, 0.29) is 12.1 Å². The summed E-state index contributed by atoms with van der Waals surface area (Å²) in [5, 5.41) is 2.94. The Morgan fingerprint density at radius 3 is 2.88 bits per heavy atom. The van der Waals surface area contributed by atoms with Gasteiger partial charge in [-0.3, -0.25) is 4.98 Å². The van der Waals surface area contributed by atoms with Crippen LogP contribution >= 0.6 is 0 Å². The fourth-order valence-corrected chi connectivity index (χ4v) is 2.78. The Hall–Kier alpha value is -2.89. The summed E-state index contributed by atoms with van der Waals surface area (Å²) in [6.45, 7) is 5.97. The Balaban J connectivity index is 1.67. The topological polar surface area (TPSA) is 73.9 Å². The Labute approximate surface area is 147 Å². The number of urea groups is 1. The van der Waals surface area contributed by atoms with Crippen LogP contribution < -0.4 is 5.32 Å². The summed E-state index contributed by atoms with van der Waals surface area (Å²) in [5.74, 6) is 0.856. The predicted octanol–water partition coefficient (Wildman–Crippen LogP) is 3.67. The minimum atomic E-state index is -0.142. The van der Waals surface area contributed by atoms with E-state index < -0.39 is 0 Å². The second kappa shape index (κ2) is 6.93. The van der Waals surface area contributed by atoms with E-state index in [2.05, 4.69) is 20.3 Å². The number of H-pyrrole nitrogens is 1. The largest absolute Gasteiger partial charge is 0.342 e. The zero-order valence-electron chi connectivity index (χ0n) is 15.0. The van der Waals surface area contributed by atoms with Crippen LogP contribution in [0.2, 0.25) is 0 Å². The van der Waals surface area contributed by atoms with Crippen LogP contribution in [0.3, 0.4) is 0 Å². The molecule has 2 amide bonds. The number of likely N-dealkylation sites (N-methyl/N-ethyl adjacent to an activating group) is 1. The molecule has 3 rings (SSSR count). The van der Waals surface area contributed by atoms with E-state index in [1.165, 1.54) is 0 Å². The lowest BCUT2D eigenvalue weighted by atomic mass is 10.1. The van der Waals surface area contributed by atoms with Gasteiger partial charge >= 0.3 is 6.03 Å². The molecule has 2 aromatic heterocycles. The van der Waals surface area contributed by atoms with E-state index in [4.69, 9.17) is 0 Å². The number of imidazole rings is 1. The number of anilines is 1. The van der Waals surface area contributed by atoms with Crippen LogP contribution in [0.1, 0.15) is 24.0 Å². The summed E-state index contributed by atoms with van der Waals surface area (Å²) >= 11 is 0. The molecule has 0 aliphatic rings. The molecule has 0 radical (unpaired) electrons. The molecule has 25 heavy (non-hydrogen) atoms. The summed E-state index contributed by atoms with van der Waals surface area (Å²) in [5.41, 5.74) is 4.71. The van der Waals surface area contributed by atoms with Gasteiger partial charge in [-0.1, -0.05) is 6.07 Å². The maximum atomic E-state index is 12.5. The highest BCUT2D eigenvalue weighted by Crippen LogP contribution is 2.18. The van der Waals surface area contributed by atoms with Gasteiger partial charge in [-0.2, -0.15) is 0 Å². The third kappa shape index (κ3) is 3.79. The lowest BCUT2D eigenvalue weighted by molar-refractivity contribution is 0.207. The van der Waals surface area contributed by atoms with Crippen molar-refractivity contribution in [3.05, 3.63) is 53.6 Å². The Kier molecular flexibility index (Phi) is 4.70. The molecule has 0 saturated heterocycles. The van der Waals surface area contributed by atoms with Crippen molar-refractivity contribution in [2.75, 3.05) is 12.4 Å². The van der Waals surface area contributed by atoms with Gasteiger partial charge in [0.15, 0.2) is 0 Å². The van der Waals surface area contributed by atoms with E-state index in [0.717, 1.165) is 40.2 Å². The van der Waals surface area contributed by atoms with E-state index in [1.807, 2.05) is 51.1 Å². The van der Waals surface area contributed by atoms with Crippen LogP contribution in [0.25, 0.3) is 11.0 Å². The monoisotopic (exact) mass is 337 g/mol. The van der Waals surface area contributed by atoms with Gasteiger partial charge < -0.3 is 15.2 Å². The summed E-state index contributed by atoms with van der Waals surface area (Å²) in [6, 6.07) is 9.51. The van der Waals surface area contributed by atoms with E-state index >= 15 is 0 Å². The molecule has 0 aliphatic heterocycles. The van der Waals surface area contributed by atoms with Gasteiger partial charge in [-0.15, -0.1) is 0 Å². The second-order valence-corrected chi connectivity index (χ2v) is 6.42. The number of nitrogens with zero attached hydrogens (tertiary/aromatic N) is 3. The Morgan fingerprint density at radius 2 is 2.12 bits per heavy atom. The number of hydrogen-bond acceptors (Lipinski definition) is 3. The summed E-state index contributed by atoms with van der Waals surface area (Å²) in [4.78, 5) is 26.2. The molecule has 1 unspecified atom stereocenters. The molecular formula is C19H23N5O. The first kappa shape index (κ1) is 17.0. The van der Waals surface area contributed by atoms with Crippen LogP contribution in [0.4, 0.5) is 10.5 Å². The first-order valence-electron chi connectivity index (χ1n) is 8.34. The first-order chi connectivity index (χ1) is 11.9. The summed E-state index contributed by atoms with van der Waals surface area (Å²) in [7, 11) is 1.80. The van der Waals surface area contributed by atoms with Crippen LogP contribution in [0, 0.1) is 13.8 Å². The lowest BCUT2D eigenvalue weighted by Crippen LogP contribution is -2.39. The minimum Gasteiger partial charge on any atom is -0.342 e. The molecular weight excluding hydrogens is 314 g/mol. The van der Waals surface area contributed by atoms with Crippen LogP contribution in [0.15, 0.2) is 36.5 Å². The number of rotatable bonds is 4. The average Bonchev–Trinajstić information content (AvgIpc) is 2.95. The number of aryl methyl sites for hydroxylation is 2. The second-order valence-electron chi connectivity index (χ2n) is 6.42. The van der Waals surface area contributed by atoms with Gasteiger partial charge in [0.25, 0.3) is 0 Å². The number of aromatic nitrogens is 3. The molecule has 0 spiro atoms. The molecule has 6 heteroatoms. The molecule has 0 fully saturated rings. The van der Waals surface area contributed by atoms with Gasteiger partial charge in [0.2, 0.25) is 0 Å². The standard InChI is InChI=1S/C19H23N5O/c1-12-6-5-9-20-17(12)10-13(2)24(4)19(25)23-15-7-8-16-18(11-15)22-14(3)21-16/h5-9,11,13H,10H2,1-4H3,(H,21,22)(H,23,25). The third-order valence-corrected chi connectivity index (χ3v) is 4.44. The predicted molar refractivity (Wildman–Crippen MR) is 99.8 cm³/mol. The van der Waals surface area contributed by atoms with E-state index in [1.54, 1.807) is 18.1 Å². The highest BCUT2D eigenvalue weighted by atomic mass is 16.2. The Morgan fingerprint density at radius 1 is 1.32 bits per heavy atom. The van der Waals surface area contributed by atoms with Crippen molar-refractivity contribution in [2.24, 2.45) is 0 Å². The van der Waals surface area contributed by atoms with Gasteiger partial charge in [0.1, 0.15) is 5.82 Å². The molecule has 0 saturated carbocycles. The number of hydrogen-bond donors (Lipinski definition) is 2. The molecule has 2 N–H and O–H groups in total. The Bertz CT molecular complexity index is 902. The molecule has 1 atom stereocenters. The summed E-state index contributed by atoms with van der Waals surface area (Å²) < 4.78 is 0. The van der Waals surface area contributed by atoms with Crippen molar-refractivity contribution in [1.82, 2.24) is 19.9 Å². The number of carbonyl (C=O) groups excluding carboxylic acids is 1. The van der Waals surface area contributed by atoms with Gasteiger partial charge in [-0.25, -0.2) is 9.78 Å². The fourth-order valence-electron chi connectivity index (χ4n) is 2.78. The molecule has 0 aliphatic carbocycles. The quantitative estimate of drug-likeness (QED) is 0.763. The number of amides is 2. The number of carbonyl (C=O) groups is 1. The van der Waals surface area contributed by atoms with Crippen molar-refractivity contribution in [3.8, 4) is 0 Å². The van der Waals surface area contributed by atoms with Crippen molar-refractivity contribution in [1.29, 1.82) is 0 Å². The maximum Gasteiger partial charge on any atom is 0.321 e. The molecule has 6 nitrogen and oxygen atoms in total. The fraction of sp³-hybridized carbons (Fsp3) is 0.316. The van der Waals surface area contributed by atoms with Crippen molar-refractivity contribution in [3.63, 3.8) is 0 Å². The van der Waals surface area contributed by atoms with Crippen LogP contribution in [-0.4, -0.2) is 39.0 Å². The van der Waals surface area contributed by atoms with Gasteiger partial charge in [0, 0.05) is 37.1 Å². The lowest BCUT2D eigenvalue weighted by Gasteiger charge is -2.25. The first-order valence-corrected chi connectivity index (χ1v) is 8.34. The number of aromatic amines is 1. The minimum absolute atomic E-state index is 0.0340. The third-order valence-electron chi connectivity index (χ3n) is 4.44. The SMILES string of the molecule is Cc1nc2ccc(NC(=O)N(C)C(C)Cc3ncccc3C)cc2[nH]1. The normalized spacial score (nSPS) is 12.2.